The van der Waals surface area contributed by atoms with E-state index in [1.54, 1.807) is 98.3 Å². The highest BCUT2D eigenvalue weighted by molar-refractivity contribution is 6.03. The number of halogens is 7. The highest BCUT2D eigenvalue weighted by Gasteiger charge is 2.55. The molecule has 5 aromatic carbocycles. The Morgan fingerprint density at radius 2 is 0.719 bits per heavy atom. The van der Waals surface area contributed by atoms with Gasteiger partial charge in [-0.2, -0.15) is 13.2 Å². The lowest BCUT2D eigenvalue weighted by atomic mass is 9.58. The molecule has 1 saturated carbocycles. The van der Waals surface area contributed by atoms with Crippen molar-refractivity contribution in [3.8, 4) is 90.6 Å². The molecule has 1 aliphatic heterocycles. The monoisotopic (exact) mass is 1950 g/mol. The molecule has 146 heavy (non-hydrogen) atoms. The van der Waals surface area contributed by atoms with Crippen LogP contribution in [0.2, 0.25) is 0 Å². The fraction of sp³-hybridized carbons (Fsp3) is 0.322. The van der Waals surface area contributed by atoms with E-state index in [0.29, 0.717) is 106 Å². The van der Waals surface area contributed by atoms with Crippen molar-refractivity contribution in [2.24, 2.45) is 47.3 Å². The van der Waals surface area contributed by atoms with Crippen molar-refractivity contribution in [3.05, 3.63) is 361 Å². The number of carbonyl (C=O) groups excluding carboxylic acids is 4. The van der Waals surface area contributed by atoms with Gasteiger partial charge in [0.25, 0.3) is 0 Å². The molecule has 9 heterocycles. The predicted octanol–water partition coefficient (Wildman–Crippen LogP) is 25.1. The Balaban J connectivity index is 0.000000118. The molecular weight excluding hydrogens is 1850 g/mol. The summed E-state index contributed by atoms with van der Waals surface area (Å²) in [4.78, 5) is 124. The number of ketones is 4. The van der Waals surface area contributed by atoms with Crippen LogP contribution in [0.15, 0.2) is 230 Å². The molecule has 0 N–H and O–H groups in total. The number of allylic oxidation sites excluding steroid dienone is 8. The molecule has 0 radical (unpaired) electrons. The van der Waals surface area contributed by atoms with Crippen LogP contribution in [0.25, 0.3) is 121 Å². The van der Waals surface area contributed by atoms with Crippen molar-refractivity contribution in [1.29, 1.82) is 0 Å². The van der Waals surface area contributed by atoms with E-state index < -0.39 is 45.3 Å². The molecule has 28 heteroatoms. The van der Waals surface area contributed by atoms with Crippen LogP contribution in [-0.2, 0) is 72.7 Å². The minimum absolute atomic E-state index is 0.00460. The molecule has 10 aliphatic rings. The number of alkyl halides is 3. The number of aryl methyl sites for hydroxylation is 1. The Morgan fingerprint density at radius 1 is 0.363 bits per heavy atom. The highest BCUT2D eigenvalue weighted by Crippen LogP contribution is 2.58. The first-order chi connectivity index (χ1) is 70.2. The van der Waals surface area contributed by atoms with Crippen molar-refractivity contribution in [1.82, 2.24) is 59.8 Å². The summed E-state index contributed by atoms with van der Waals surface area (Å²) >= 11 is 0. The quantitative estimate of drug-likeness (QED) is 0.0912. The second-order valence-electron chi connectivity index (χ2n) is 40.7. The molecule has 0 amide bonds. The van der Waals surface area contributed by atoms with Gasteiger partial charge in [-0.05, 0) is 217 Å². The van der Waals surface area contributed by atoms with Gasteiger partial charge in [0.1, 0.15) is 34.8 Å². The van der Waals surface area contributed by atoms with Crippen molar-refractivity contribution in [2.75, 3.05) is 18.0 Å². The third-order valence-corrected chi connectivity index (χ3v) is 32.0. The van der Waals surface area contributed by atoms with Crippen LogP contribution in [0.5, 0.6) is 0 Å². The average molecular weight is 1950 g/mol. The average Bonchev–Trinajstić information content (AvgIpc) is 1.58. The number of hydrogen-bond donors (Lipinski definition) is 0. The Labute approximate surface area is 840 Å². The summed E-state index contributed by atoms with van der Waals surface area (Å²) in [7, 11) is 0. The van der Waals surface area contributed by atoms with Gasteiger partial charge in [0.2, 0.25) is 22.8 Å². The Kier molecular flexibility index (Phi) is 25.7. The number of piperidine rings is 1. The van der Waals surface area contributed by atoms with Gasteiger partial charge in [-0.25, -0.2) is 81.8 Å². The van der Waals surface area contributed by atoms with Crippen molar-refractivity contribution < 1.29 is 49.9 Å². The lowest BCUT2D eigenvalue weighted by molar-refractivity contribution is -0.141. The molecule has 2 fully saturated rings. The second kappa shape index (κ2) is 38.4. The van der Waals surface area contributed by atoms with Crippen LogP contribution in [0.4, 0.5) is 36.6 Å². The number of hydrogen-bond acceptors (Lipinski definition) is 17. The van der Waals surface area contributed by atoms with Crippen LogP contribution in [-0.4, -0.2) is 96.0 Å². The summed E-state index contributed by atoms with van der Waals surface area (Å²) in [5.74, 6) is -0.648. The van der Waals surface area contributed by atoms with Crippen LogP contribution >= 0.6 is 0 Å². The van der Waals surface area contributed by atoms with Gasteiger partial charge in [0.05, 0.1) is 77.4 Å². The van der Waals surface area contributed by atoms with Gasteiger partial charge < -0.3 is 24.1 Å². The summed E-state index contributed by atoms with van der Waals surface area (Å²) in [5, 5.41) is 0.905. The summed E-state index contributed by atoms with van der Waals surface area (Å²) in [6.07, 6.45) is 19.7. The number of rotatable bonds is 10. The van der Waals surface area contributed by atoms with E-state index >= 15 is 13.2 Å². The van der Waals surface area contributed by atoms with E-state index in [0.717, 1.165) is 149 Å². The number of anilines is 1. The van der Waals surface area contributed by atoms with Gasteiger partial charge in [-0.15, -0.1) is 0 Å². The number of benzene rings is 5. The van der Waals surface area contributed by atoms with Crippen molar-refractivity contribution in [3.63, 3.8) is 0 Å². The van der Waals surface area contributed by atoms with Crippen LogP contribution in [0.1, 0.15) is 181 Å². The number of aromatic nitrogens is 12. The normalized spacial score (nSPS) is 24.0. The lowest BCUT2D eigenvalue weighted by Crippen LogP contribution is -2.46. The van der Waals surface area contributed by atoms with Crippen molar-refractivity contribution in [2.45, 2.75) is 180 Å². The van der Waals surface area contributed by atoms with E-state index in [-0.39, 0.29) is 122 Å². The Hall–Kier alpha value is -15.8. The first-order valence-corrected chi connectivity index (χ1v) is 49.5. The predicted molar refractivity (Wildman–Crippen MR) is 540 cm³/mol. The largest absolute Gasteiger partial charge is 0.433 e. The molecule has 1 saturated heterocycles. The van der Waals surface area contributed by atoms with Gasteiger partial charge in [-0.1, -0.05) is 140 Å². The zero-order valence-corrected chi connectivity index (χ0v) is 81.8. The molecule has 8 aromatic heterocycles. The second-order valence-corrected chi connectivity index (χ2v) is 40.7. The summed E-state index contributed by atoms with van der Waals surface area (Å²) in [6, 6.07) is 44.5. The molecule has 0 bridgehead atoms. The van der Waals surface area contributed by atoms with E-state index in [4.69, 9.17) is 61.2 Å². The van der Waals surface area contributed by atoms with E-state index in [1.165, 1.54) is 36.8 Å². The van der Waals surface area contributed by atoms with Crippen LogP contribution in [0, 0.1) is 104 Å². The Bertz CT molecular complexity index is 7950. The first kappa shape index (κ1) is 97.6. The molecule has 9 aliphatic carbocycles. The number of fused-ring (bicyclic) bond motifs is 13. The third-order valence-electron chi connectivity index (χ3n) is 32.0. The van der Waals surface area contributed by atoms with E-state index in [9.17, 15) is 36.7 Å². The van der Waals surface area contributed by atoms with E-state index in [2.05, 4.69) is 70.0 Å². The van der Waals surface area contributed by atoms with Gasteiger partial charge in [0.15, 0.2) is 46.4 Å². The SMILES string of the molecule is [C-]#[N+]C1=C[C@@]2(C)c3nc(-c4ccnc(C(F)(F)F)c4)nc(-c4ccccc4F)c3CC[C@@H]2[C@@H](C)C1=O.[C-]#[N+]C1=C[C@@]2(C)c3nc(-c4ccnc(C5CC5)c4)nc(-c4ccccc4F)c3CC[C@@H]2[C@@H](C)C1=O.[C-]#[N+]C1=C[C@@]2(C)c3nc(-c4ccnc(N5CCCCC5)c4)nc(-c4ccccc4F)c3CC[C@@H]2[C@@H](C)C1=O.[C-]#[N+]C1=C[C@@]2(C)c3nc(-c4ccnc5ccccc45)nc(-c4ccc(C)cc4F)c3CC[C@@H]2[C@@H](C)C1=O. The topological polar surface area (TPSA) is 244 Å². The van der Waals surface area contributed by atoms with Crippen molar-refractivity contribution >= 4 is 39.9 Å². The van der Waals surface area contributed by atoms with Crippen LogP contribution in [0.3, 0.4) is 0 Å². The zero-order valence-electron chi connectivity index (χ0n) is 81.8. The number of para-hydroxylation sites is 1. The number of nitrogens with zero attached hydrogens (tertiary/aromatic N) is 17. The molecule has 12 atom stereocenters. The fourth-order valence-electron chi connectivity index (χ4n) is 24.2. The highest BCUT2D eigenvalue weighted by atomic mass is 19.4. The minimum atomic E-state index is -4.66. The summed E-state index contributed by atoms with van der Waals surface area (Å²) in [6.45, 7) is 49.8. The molecular formula is C118H100F7N17O4. The maximum atomic E-state index is 15.4. The first-order valence-electron chi connectivity index (χ1n) is 49.5. The molecule has 0 unspecified atom stereocenters. The summed E-state index contributed by atoms with van der Waals surface area (Å²) < 4.78 is 101. The number of Topliss-reactive ketones (excluding diaryl/α,β-unsaturated/α-hetero) is 4. The minimum Gasteiger partial charge on any atom is -0.357 e. The molecule has 0 spiro atoms. The van der Waals surface area contributed by atoms with Gasteiger partial charge in [-0.3, -0.25) is 15.0 Å². The van der Waals surface area contributed by atoms with E-state index in [1.807, 2.05) is 107 Å². The lowest BCUT2D eigenvalue weighted by Gasteiger charge is -2.46. The number of carbonyl (C=O) groups is 4. The zero-order chi connectivity index (χ0) is 102. The maximum absolute atomic E-state index is 15.4. The molecule has 23 rings (SSSR count). The van der Waals surface area contributed by atoms with Gasteiger partial charge in [0, 0.05) is 167 Å². The molecule has 13 aromatic rings. The summed E-state index contributed by atoms with van der Waals surface area (Å²) in [5.41, 5.74) is 11.6. The smallest absolute Gasteiger partial charge is 0.357 e. The van der Waals surface area contributed by atoms with Gasteiger partial charge >= 0.3 is 6.18 Å². The Morgan fingerprint density at radius 3 is 1.12 bits per heavy atom. The third kappa shape index (κ3) is 17.3. The molecule has 730 valence electrons. The van der Waals surface area contributed by atoms with Crippen LogP contribution < -0.4 is 4.90 Å². The maximum Gasteiger partial charge on any atom is 0.433 e. The fourth-order valence-corrected chi connectivity index (χ4v) is 24.2. The number of pyridine rings is 4. The molecule has 21 nitrogen and oxygen atoms in total. The standard InChI is InChI=1S/C31H30FN5O.C31H25FN4O.C29H25FN4O.C27H20F4N4O/c1-19-23-12-11-22-27(21-9-5-6-10-24(21)32)35-30(36-29(22)31(23,2)18-25(33-3)28(19)38)20-13-14-34-26(17-20)37-15-7-4-8-16-37;1-17-9-10-21(24(32)15-17)27-22-11-12-23-18(2)28(37)26(33-4)16-31(23,3)29(22)36-30(35-27)20-13-14-34-25-8-6-5-7-19(20)25;1-16-21-11-10-20-25(19-6-4-5-7-22(19)30)33-28(18-12-13-32-23(14-18)17-8-9-17)34-27(20)29(21,2)15-24(31-3)26(16)35;1-14-18-9-8-17-22(16-6-4-5-7-19(16)28)34-25(15-10-11-33-21(12-15)27(29,30)31)35-24(17)26(18,2)13-20(32-3)23(14)36/h5-6,9-10,13-14,17-19,23H,4,7-8,11-12,15-16H2,1-2H3;5-10,13-16,18,23H,11-12H2,1-3H3;4-7,12-17,21H,8-11H2,1-2H3;4-7,10-14,18H,8-9H2,1-2H3/t19-,23-,31-;18-,23-,31-;16-,21-,29-;14-,18-,26-/m1111/s1.